The SMILES string of the molecule is Cc1nn([C@@H]2CC[C@@H](O)N[C@@H]2O)c2cccc(-c3cnn(C4CCN(CC5CCC(n6cc(NC(=O)c7cnn8ccc(N9CCOC[C@H]9C)nc78)c(C(F)F)n6)CC5)CC4)c3)c12. The Hall–Kier alpha value is -5.34. The molecule has 1 amide bonds. The van der Waals surface area contributed by atoms with Crippen LogP contribution in [0.3, 0.4) is 0 Å². The maximum Gasteiger partial charge on any atom is 0.284 e. The predicted octanol–water partition coefficient (Wildman–Crippen LogP) is 5.49. The zero-order valence-electron chi connectivity index (χ0n) is 35.6. The van der Waals surface area contributed by atoms with E-state index in [2.05, 4.69) is 47.6 Å². The van der Waals surface area contributed by atoms with Gasteiger partial charge in [0.15, 0.2) is 11.3 Å². The molecule has 0 unspecified atom stereocenters. The van der Waals surface area contributed by atoms with Crippen LogP contribution >= 0.6 is 0 Å². The molecule has 4 atom stereocenters. The first-order chi connectivity index (χ1) is 30.6. The first-order valence-corrected chi connectivity index (χ1v) is 22.3. The topological polar surface area (TPSA) is 181 Å². The van der Waals surface area contributed by atoms with Crippen molar-refractivity contribution in [2.24, 2.45) is 5.92 Å². The molecular formula is C44H55F2N13O4. The summed E-state index contributed by atoms with van der Waals surface area (Å²) in [6, 6.07) is 8.10. The molecule has 10 rings (SSSR count). The number of nitrogens with zero attached hydrogens (tertiary/aromatic N) is 11. The van der Waals surface area contributed by atoms with Gasteiger partial charge in [-0.3, -0.25) is 24.2 Å². The number of aliphatic hydroxyl groups excluding tert-OH is 2. The Balaban J connectivity index is 0.736. The highest BCUT2D eigenvalue weighted by molar-refractivity contribution is 6.08. The number of aryl methyl sites for hydroxylation is 1. The molecule has 0 bridgehead atoms. The molecule has 63 heavy (non-hydrogen) atoms. The zero-order chi connectivity index (χ0) is 43.4. The summed E-state index contributed by atoms with van der Waals surface area (Å²) < 4.78 is 41.4. The van der Waals surface area contributed by atoms with Crippen LogP contribution in [0.1, 0.15) is 105 Å². The minimum absolute atomic E-state index is 0.000248. The highest BCUT2D eigenvalue weighted by Crippen LogP contribution is 2.38. The van der Waals surface area contributed by atoms with Crippen molar-refractivity contribution in [3.05, 3.63) is 72.2 Å². The van der Waals surface area contributed by atoms with Gasteiger partial charge in [0.2, 0.25) is 0 Å². The number of likely N-dealkylation sites (tertiary alicyclic amines) is 1. The predicted molar refractivity (Wildman–Crippen MR) is 231 cm³/mol. The van der Waals surface area contributed by atoms with Crippen LogP contribution in [0.4, 0.5) is 20.3 Å². The third kappa shape index (κ3) is 8.20. The largest absolute Gasteiger partial charge is 0.379 e. The quantitative estimate of drug-likeness (QED) is 0.136. The minimum atomic E-state index is -2.86. The molecule has 0 radical (unpaired) electrons. The van der Waals surface area contributed by atoms with E-state index in [1.807, 2.05) is 42.9 Å². The van der Waals surface area contributed by atoms with Gasteiger partial charge in [-0.2, -0.15) is 20.4 Å². The van der Waals surface area contributed by atoms with E-state index in [1.165, 1.54) is 10.7 Å². The third-order valence-electron chi connectivity index (χ3n) is 13.7. The fraction of sp³-hybridized carbons (Fsp3) is 0.545. The van der Waals surface area contributed by atoms with E-state index in [0.29, 0.717) is 56.0 Å². The molecule has 6 aromatic rings. The summed E-state index contributed by atoms with van der Waals surface area (Å²) in [4.78, 5) is 23.0. The first kappa shape index (κ1) is 41.7. The molecule has 17 nitrogen and oxygen atoms in total. The van der Waals surface area contributed by atoms with Gasteiger partial charge < -0.3 is 30.1 Å². The second-order valence-electron chi connectivity index (χ2n) is 17.8. The molecule has 5 aromatic heterocycles. The Morgan fingerprint density at radius 3 is 2.54 bits per heavy atom. The Morgan fingerprint density at radius 1 is 0.952 bits per heavy atom. The van der Waals surface area contributed by atoms with Gasteiger partial charge in [-0.15, -0.1) is 0 Å². The monoisotopic (exact) mass is 867 g/mol. The number of piperidine rings is 2. The zero-order valence-corrected chi connectivity index (χ0v) is 35.6. The van der Waals surface area contributed by atoms with Crippen LogP contribution in [0.2, 0.25) is 0 Å². The van der Waals surface area contributed by atoms with Crippen LogP contribution in [-0.2, 0) is 4.74 Å². The Labute approximate surface area is 363 Å². The summed E-state index contributed by atoms with van der Waals surface area (Å²) in [6.07, 6.45) is 11.1. The molecule has 4 aliphatic rings. The lowest BCUT2D eigenvalue weighted by Gasteiger charge is -2.36. The Morgan fingerprint density at radius 2 is 1.76 bits per heavy atom. The number of morpholine rings is 1. The lowest BCUT2D eigenvalue weighted by Crippen LogP contribution is -2.48. The van der Waals surface area contributed by atoms with Gasteiger partial charge >= 0.3 is 0 Å². The second-order valence-corrected chi connectivity index (χ2v) is 17.8. The molecular weight excluding hydrogens is 813 g/mol. The molecule has 4 fully saturated rings. The summed E-state index contributed by atoms with van der Waals surface area (Å²) >= 11 is 0. The number of aliphatic hydroxyl groups is 2. The van der Waals surface area contributed by atoms with Crippen molar-refractivity contribution in [3.8, 4) is 11.1 Å². The van der Waals surface area contributed by atoms with Crippen LogP contribution in [-0.4, -0.2) is 123 Å². The molecule has 3 aliphatic heterocycles. The molecule has 3 saturated heterocycles. The third-order valence-corrected chi connectivity index (χ3v) is 13.7. The number of halogens is 2. The molecule has 19 heteroatoms. The number of carbonyl (C=O) groups is 1. The summed E-state index contributed by atoms with van der Waals surface area (Å²) in [5.41, 5.74) is 4.02. The van der Waals surface area contributed by atoms with Crippen molar-refractivity contribution in [3.63, 3.8) is 0 Å². The van der Waals surface area contributed by atoms with Crippen LogP contribution < -0.4 is 15.5 Å². The Kier molecular flexibility index (Phi) is 11.5. The van der Waals surface area contributed by atoms with Gasteiger partial charge in [0, 0.05) is 55.7 Å². The van der Waals surface area contributed by atoms with Crippen molar-refractivity contribution in [2.45, 2.75) is 108 Å². The number of rotatable bonds is 10. The van der Waals surface area contributed by atoms with E-state index < -0.39 is 30.5 Å². The summed E-state index contributed by atoms with van der Waals surface area (Å²) in [6.45, 7) is 8.82. The van der Waals surface area contributed by atoms with Crippen LogP contribution in [0, 0.1) is 12.8 Å². The minimum Gasteiger partial charge on any atom is -0.379 e. The lowest BCUT2D eigenvalue weighted by molar-refractivity contribution is -0.0297. The van der Waals surface area contributed by atoms with Gasteiger partial charge in [0.1, 0.15) is 23.8 Å². The van der Waals surface area contributed by atoms with E-state index in [-0.39, 0.29) is 29.4 Å². The molecule has 1 aromatic carbocycles. The van der Waals surface area contributed by atoms with Gasteiger partial charge in [-0.05, 0) is 88.8 Å². The van der Waals surface area contributed by atoms with Crippen LogP contribution in [0.5, 0.6) is 0 Å². The number of amides is 1. The van der Waals surface area contributed by atoms with Crippen LogP contribution in [0.15, 0.2) is 55.2 Å². The average Bonchev–Trinajstić information content (AvgIpc) is 4.10. The molecule has 334 valence electrons. The lowest BCUT2D eigenvalue weighted by atomic mass is 9.85. The number of carbonyl (C=O) groups excluding carboxylic acids is 1. The fourth-order valence-corrected chi connectivity index (χ4v) is 10.3. The molecule has 4 N–H and O–H groups in total. The number of hydrogen-bond acceptors (Lipinski definition) is 12. The first-order valence-electron chi connectivity index (χ1n) is 22.3. The van der Waals surface area contributed by atoms with Crippen molar-refractivity contribution < 1.29 is 28.5 Å². The van der Waals surface area contributed by atoms with Gasteiger partial charge in [-0.1, -0.05) is 12.1 Å². The number of aromatic nitrogens is 9. The molecule has 0 spiro atoms. The van der Waals surface area contributed by atoms with Gasteiger partial charge in [-0.25, -0.2) is 18.3 Å². The highest BCUT2D eigenvalue weighted by atomic mass is 19.3. The summed E-state index contributed by atoms with van der Waals surface area (Å²) in [5.74, 6) is 0.635. The molecule has 1 saturated carbocycles. The standard InChI is InChI=1S/C44H55F2N13O4/c1-26-25-63-19-18-55(26)37-14-17-56-42(50-37)33(21-48-56)43(61)49-34-24-58(53-40(34)41(45)46)30-8-6-28(7-9-30)22-54-15-12-31(13-16-54)57-23-29(20-47-57)32-4-3-5-35-39(32)27(2)52-59(35)36-10-11-38(60)51-44(36)62/h3-5,14,17,20-21,23-24,26,28,30-31,36,38,41,44,51,60,62H,6-13,15-16,18-19,22,25H2,1-2H3,(H,49,61)/t26-,28?,30?,36-,38-,44-/m1/s1. The van der Waals surface area contributed by atoms with E-state index >= 15 is 0 Å². The van der Waals surface area contributed by atoms with E-state index in [4.69, 9.17) is 19.9 Å². The number of fused-ring (bicyclic) bond motifs is 2. The number of alkyl halides is 2. The fourth-order valence-electron chi connectivity index (χ4n) is 10.3. The molecule has 8 heterocycles. The Bertz CT molecular complexity index is 2570. The highest BCUT2D eigenvalue weighted by Gasteiger charge is 2.33. The van der Waals surface area contributed by atoms with Gasteiger partial charge in [0.25, 0.3) is 12.3 Å². The van der Waals surface area contributed by atoms with Crippen molar-refractivity contribution >= 4 is 34.0 Å². The number of ether oxygens (including phenoxy) is 1. The van der Waals surface area contributed by atoms with E-state index in [1.54, 1.807) is 17.1 Å². The number of nitrogens with one attached hydrogen (secondary N) is 2. The van der Waals surface area contributed by atoms with Crippen molar-refractivity contribution in [1.82, 2.24) is 54.2 Å². The van der Waals surface area contributed by atoms with Gasteiger partial charge in [0.05, 0.1) is 66.7 Å². The van der Waals surface area contributed by atoms with E-state index in [0.717, 1.165) is 85.9 Å². The van der Waals surface area contributed by atoms with E-state index in [9.17, 15) is 23.8 Å². The number of hydrogen-bond donors (Lipinski definition) is 4. The average molecular weight is 868 g/mol. The summed E-state index contributed by atoms with van der Waals surface area (Å²) in [7, 11) is 0. The maximum absolute atomic E-state index is 14.3. The number of anilines is 2. The van der Waals surface area contributed by atoms with Crippen LogP contribution in [0.25, 0.3) is 27.7 Å². The number of benzene rings is 1. The maximum atomic E-state index is 14.3. The smallest absolute Gasteiger partial charge is 0.284 e. The normalized spacial score (nSPS) is 25.4. The van der Waals surface area contributed by atoms with Crippen molar-refractivity contribution in [1.29, 1.82) is 0 Å². The second kappa shape index (κ2) is 17.3. The molecule has 1 aliphatic carbocycles. The summed E-state index contributed by atoms with van der Waals surface area (Å²) in [5, 5.41) is 45.5. The van der Waals surface area contributed by atoms with Crippen molar-refractivity contribution in [2.75, 3.05) is 49.6 Å².